The van der Waals surface area contributed by atoms with E-state index in [0.717, 1.165) is 31.7 Å². The van der Waals surface area contributed by atoms with Gasteiger partial charge in [0, 0.05) is 34.8 Å². The van der Waals surface area contributed by atoms with Crippen LogP contribution in [-0.2, 0) is 0 Å². The van der Waals surface area contributed by atoms with Crippen molar-refractivity contribution in [1.29, 1.82) is 0 Å². The molecule has 7 heteroatoms. The van der Waals surface area contributed by atoms with Crippen LogP contribution in [-0.4, -0.2) is 20.9 Å². The first kappa shape index (κ1) is 18.5. The molecule has 0 radical (unpaired) electrons. The molecule has 0 atom stereocenters. The van der Waals surface area contributed by atoms with Crippen LogP contribution < -0.4 is 5.32 Å². The Morgan fingerprint density at radius 3 is 2.57 bits per heavy atom. The summed E-state index contributed by atoms with van der Waals surface area (Å²) in [6, 6.07) is 13.5. The van der Waals surface area contributed by atoms with Crippen molar-refractivity contribution in [2.45, 2.75) is 6.92 Å². The summed E-state index contributed by atoms with van der Waals surface area (Å²) < 4.78 is 0.983. The number of anilines is 1. The zero-order valence-corrected chi connectivity index (χ0v) is 17.3. The Morgan fingerprint density at radius 1 is 1.04 bits per heavy atom. The number of benzene rings is 1. The van der Waals surface area contributed by atoms with Gasteiger partial charge in [0.05, 0.1) is 16.1 Å². The third-order valence-electron chi connectivity index (χ3n) is 4.03. The molecule has 1 N–H and O–H groups in total. The van der Waals surface area contributed by atoms with Gasteiger partial charge in [-0.2, -0.15) is 0 Å². The molecule has 4 rings (SSSR count). The fraction of sp³-hybridized carbons (Fsp3) is 0.0476. The maximum atomic E-state index is 12.5. The summed E-state index contributed by atoms with van der Waals surface area (Å²) in [6.45, 7) is 2.04. The molecule has 3 heterocycles. The van der Waals surface area contributed by atoms with Gasteiger partial charge in [0.25, 0.3) is 5.91 Å². The van der Waals surface area contributed by atoms with Crippen LogP contribution in [0.4, 0.5) is 5.13 Å². The topological polar surface area (TPSA) is 67.8 Å². The van der Waals surface area contributed by atoms with Gasteiger partial charge in [-0.3, -0.25) is 20.1 Å². The smallest absolute Gasteiger partial charge is 0.259 e. The highest BCUT2D eigenvalue weighted by atomic mass is 79.9. The summed E-state index contributed by atoms with van der Waals surface area (Å²) in [5.41, 5.74) is 4.42. The Kier molecular flexibility index (Phi) is 5.27. The Hall–Kier alpha value is -2.90. The standard InChI is InChI=1S/C21H15BrN4OS/c1-13-9-16(11-17(22)10-13)18-19(14-4-7-23-8-5-14)28-21(25-18)26-20(27)15-3-2-6-24-12-15/h2-12H,1H3,(H,25,26,27). The fourth-order valence-electron chi connectivity index (χ4n) is 2.81. The molecule has 28 heavy (non-hydrogen) atoms. The molecule has 0 bridgehead atoms. The summed E-state index contributed by atoms with van der Waals surface area (Å²) in [5.74, 6) is -0.236. The minimum atomic E-state index is -0.236. The van der Waals surface area contributed by atoms with Gasteiger partial charge in [0.1, 0.15) is 0 Å². The van der Waals surface area contributed by atoms with Crippen molar-refractivity contribution in [2.24, 2.45) is 0 Å². The Morgan fingerprint density at radius 2 is 1.86 bits per heavy atom. The van der Waals surface area contributed by atoms with Crippen molar-refractivity contribution in [2.75, 3.05) is 5.32 Å². The van der Waals surface area contributed by atoms with Crippen LogP contribution in [0.2, 0.25) is 0 Å². The van der Waals surface area contributed by atoms with Crippen molar-refractivity contribution in [3.63, 3.8) is 0 Å². The number of hydrogen-bond donors (Lipinski definition) is 1. The molecule has 138 valence electrons. The van der Waals surface area contributed by atoms with E-state index < -0.39 is 0 Å². The molecule has 3 aromatic heterocycles. The van der Waals surface area contributed by atoms with Gasteiger partial charge >= 0.3 is 0 Å². The lowest BCUT2D eigenvalue weighted by Crippen LogP contribution is -2.11. The van der Waals surface area contributed by atoms with Crippen LogP contribution in [0.15, 0.2) is 71.7 Å². The van der Waals surface area contributed by atoms with Gasteiger partial charge in [-0.25, -0.2) is 4.98 Å². The van der Waals surface area contributed by atoms with Crippen molar-refractivity contribution < 1.29 is 4.79 Å². The van der Waals surface area contributed by atoms with Crippen molar-refractivity contribution >= 4 is 38.3 Å². The maximum absolute atomic E-state index is 12.5. The van der Waals surface area contributed by atoms with Gasteiger partial charge in [-0.1, -0.05) is 27.3 Å². The summed E-state index contributed by atoms with van der Waals surface area (Å²) in [5, 5.41) is 3.42. The number of halogens is 1. The molecular formula is C21H15BrN4OS. The molecule has 1 amide bonds. The Labute approximate surface area is 174 Å². The number of aryl methyl sites for hydroxylation is 1. The van der Waals surface area contributed by atoms with E-state index in [4.69, 9.17) is 4.98 Å². The first-order valence-electron chi connectivity index (χ1n) is 8.50. The number of rotatable bonds is 4. The van der Waals surface area contributed by atoms with Crippen molar-refractivity contribution in [3.05, 3.63) is 82.9 Å². The number of carbonyl (C=O) groups is 1. The van der Waals surface area contributed by atoms with Crippen LogP contribution >= 0.6 is 27.3 Å². The largest absolute Gasteiger partial charge is 0.298 e. The molecule has 0 aliphatic carbocycles. The second-order valence-corrected chi connectivity index (χ2v) is 8.06. The van der Waals surface area contributed by atoms with E-state index in [1.54, 1.807) is 30.7 Å². The SMILES string of the molecule is Cc1cc(Br)cc(-c2nc(NC(=O)c3cccnc3)sc2-c2ccncc2)c1. The number of nitrogens with zero attached hydrogens (tertiary/aromatic N) is 3. The van der Waals surface area contributed by atoms with Crippen molar-refractivity contribution in [1.82, 2.24) is 15.0 Å². The third kappa shape index (κ3) is 4.00. The monoisotopic (exact) mass is 450 g/mol. The second kappa shape index (κ2) is 8.00. The number of amides is 1. The van der Waals surface area contributed by atoms with Crippen LogP contribution in [0.5, 0.6) is 0 Å². The maximum Gasteiger partial charge on any atom is 0.259 e. The number of thiazole rings is 1. The number of carbonyl (C=O) groups excluding carboxylic acids is 1. The highest BCUT2D eigenvalue weighted by molar-refractivity contribution is 9.10. The molecule has 0 saturated heterocycles. The molecule has 1 aromatic carbocycles. The molecular weight excluding hydrogens is 436 g/mol. The summed E-state index contributed by atoms with van der Waals surface area (Å²) in [6.07, 6.45) is 6.67. The third-order valence-corrected chi connectivity index (χ3v) is 5.51. The van der Waals surface area contributed by atoms with E-state index in [2.05, 4.69) is 37.3 Å². The average Bonchev–Trinajstić information content (AvgIpc) is 3.12. The minimum Gasteiger partial charge on any atom is -0.298 e. The molecule has 4 aromatic rings. The van der Waals surface area contributed by atoms with Gasteiger partial charge in [0.2, 0.25) is 0 Å². The number of aromatic nitrogens is 3. The summed E-state index contributed by atoms with van der Waals surface area (Å²) in [7, 11) is 0. The predicted molar refractivity (Wildman–Crippen MR) is 115 cm³/mol. The first-order valence-corrected chi connectivity index (χ1v) is 10.1. The summed E-state index contributed by atoms with van der Waals surface area (Å²) in [4.78, 5) is 26.3. The van der Waals surface area contributed by atoms with Gasteiger partial charge < -0.3 is 0 Å². The van der Waals surface area contributed by atoms with Gasteiger partial charge in [-0.15, -0.1) is 0 Å². The number of hydrogen-bond acceptors (Lipinski definition) is 5. The summed E-state index contributed by atoms with van der Waals surface area (Å²) >= 11 is 4.99. The van der Waals surface area contributed by atoms with E-state index >= 15 is 0 Å². The predicted octanol–water partition coefficient (Wildman–Crippen LogP) is 5.59. The average molecular weight is 451 g/mol. The molecule has 0 spiro atoms. The fourth-order valence-corrected chi connectivity index (χ4v) is 4.40. The van der Waals surface area contributed by atoms with Crippen LogP contribution in [0.25, 0.3) is 21.7 Å². The van der Waals surface area contributed by atoms with Crippen LogP contribution in [0, 0.1) is 6.92 Å². The van der Waals surface area contributed by atoms with E-state index in [9.17, 15) is 4.79 Å². The first-order chi connectivity index (χ1) is 13.6. The minimum absolute atomic E-state index is 0.236. The van der Waals surface area contributed by atoms with E-state index in [-0.39, 0.29) is 5.91 Å². The normalized spacial score (nSPS) is 10.6. The van der Waals surface area contributed by atoms with E-state index in [1.165, 1.54) is 17.5 Å². The number of nitrogens with one attached hydrogen (secondary N) is 1. The van der Waals surface area contributed by atoms with E-state index in [1.807, 2.05) is 31.2 Å². The van der Waals surface area contributed by atoms with Gasteiger partial charge in [-0.05, 0) is 60.5 Å². The molecule has 0 saturated carbocycles. The molecule has 0 unspecified atom stereocenters. The zero-order chi connectivity index (χ0) is 19.5. The lowest BCUT2D eigenvalue weighted by atomic mass is 10.1. The lowest BCUT2D eigenvalue weighted by molar-refractivity contribution is 0.102. The Bertz CT molecular complexity index is 1110. The molecule has 0 aliphatic rings. The van der Waals surface area contributed by atoms with Crippen LogP contribution in [0.1, 0.15) is 15.9 Å². The second-order valence-electron chi connectivity index (χ2n) is 6.15. The van der Waals surface area contributed by atoms with Gasteiger partial charge in [0.15, 0.2) is 5.13 Å². The van der Waals surface area contributed by atoms with E-state index in [0.29, 0.717) is 10.7 Å². The molecule has 0 aliphatic heterocycles. The highest BCUT2D eigenvalue weighted by Gasteiger charge is 2.17. The lowest BCUT2D eigenvalue weighted by Gasteiger charge is -2.05. The van der Waals surface area contributed by atoms with Crippen molar-refractivity contribution in [3.8, 4) is 21.7 Å². The quantitative estimate of drug-likeness (QED) is 0.439. The zero-order valence-electron chi connectivity index (χ0n) is 14.9. The molecule has 5 nitrogen and oxygen atoms in total. The Balaban J connectivity index is 1.77. The molecule has 0 fully saturated rings. The number of pyridine rings is 2. The highest BCUT2D eigenvalue weighted by Crippen LogP contribution is 2.39. The van der Waals surface area contributed by atoms with Crippen LogP contribution in [0.3, 0.4) is 0 Å².